The molecule has 0 saturated carbocycles. The first kappa shape index (κ1) is 69.4. The van der Waals surface area contributed by atoms with Crippen molar-refractivity contribution in [1.82, 2.24) is 9.80 Å². The van der Waals surface area contributed by atoms with Crippen LogP contribution in [-0.4, -0.2) is 74.6 Å². The number of nitrogens with zero attached hydrogens (tertiary/aromatic N) is 2. The van der Waals surface area contributed by atoms with Crippen LogP contribution in [0, 0.1) is 17.8 Å². The maximum Gasteiger partial charge on any atom is 0.305 e. The molecule has 0 fully saturated rings. The fraction of sp³-hybridized carbons (Fsp3) is 0.953. The van der Waals surface area contributed by atoms with Gasteiger partial charge in [0.15, 0.2) is 0 Å². The number of ether oxygens (including phenoxy) is 2. The van der Waals surface area contributed by atoms with Gasteiger partial charge in [0.05, 0.1) is 13.2 Å². The van der Waals surface area contributed by atoms with E-state index in [1.165, 1.54) is 193 Å². The van der Waals surface area contributed by atoms with Gasteiger partial charge in [0.2, 0.25) is 5.91 Å². The predicted octanol–water partition coefficient (Wildman–Crippen LogP) is 19.4. The lowest BCUT2D eigenvalue weighted by Gasteiger charge is -2.28. The highest BCUT2D eigenvalue weighted by atomic mass is 16.5. The number of hydrogen-bond donors (Lipinski definition) is 0. The first-order valence-corrected chi connectivity index (χ1v) is 32.0. The van der Waals surface area contributed by atoms with Crippen LogP contribution in [0.3, 0.4) is 0 Å². The van der Waals surface area contributed by atoms with Crippen LogP contribution in [0.5, 0.6) is 0 Å². The molecule has 0 aromatic rings. The first-order valence-electron chi connectivity index (χ1n) is 32.0. The van der Waals surface area contributed by atoms with Crippen molar-refractivity contribution in [1.29, 1.82) is 0 Å². The summed E-state index contributed by atoms with van der Waals surface area (Å²) in [5, 5.41) is 0. The molecule has 71 heavy (non-hydrogen) atoms. The molecular formula is C64H126N2O5. The van der Waals surface area contributed by atoms with E-state index in [1.54, 1.807) is 0 Å². The monoisotopic (exact) mass is 1000 g/mol. The summed E-state index contributed by atoms with van der Waals surface area (Å²) in [4.78, 5) is 44.6. The fourth-order valence-electron chi connectivity index (χ4n) is 10.5. The largest absolute Gasteiger partial charge is 0.465 e. The SMILES string of the molecule is CCCCCCCCCN(CCCN(C)C)C(=O)C(CCCCCCCC(=O)OCC(CCCCCC)CCCCCCCC)CCCCCCCC(=O)OCC(CCCCCC)CCCCCCCC. The summed E-state index contributed by atoms with van der Waals surface area (Å²) in [5.41, 5.74) is 0. The molecule has 2 unspecified atom stereocenters. The molecule has 7 nitrogen and oxygen atoms in total. The highest BCUT2D eigenvalue weighted by molar-refractivity contribution is 5.78. The third kappa shape index (κ3) is 47.8. The quantitative estimate of drug-likeness (QED) is 0.0446. The van der Waals surface area contributed by atoms with E-state index >= 15 is 0 Å². The molecule has 0 aliphatic carbocycles. The van der Waals surface area contributed by atoms with E-state index in [2.05, 4.69) is 58.5 Å². The summed E-state index contributed by atoms with van der Waals surface area (Å²) in [7, 11) is 4.26. The minimum atomic E-state index is -0.0110. The number of rotatable bonds is 57. The summed E-state index contributed by atoms with van der Waals surface area (Å²) >= 11 is 0. The topological polar surface area (TPSA) is 76.2 Å². The van der Waals surface area contributed by atoms with Crippen molar-refractivity contribution in [2.75, 3.05) is 46.9 Å². The molecule has 0 N–H and O–H groups in total. The second kappa shape index (κ2) is 54.6. The normalized spacial score (nSPS) is 12.9. The predicted molar refractivity (Wildman–Crippen MR) is 308 cm³/mol. The Morgan fingerprint density at radius 1 is 0.324 bits per heavy atom. The van der Waals surface area contributed by atoms with E-state index in [9.17, 15) is 14.4 Å². The zero-order chi connectivity index (χ0) is 52.1. The van der Waals surface area contributed by atoms with Crippen LogP contribution in [0.4, 0.5) is 0 Å². The van der Waals surface area contributed by atoms with Crippen LogP contribution < -0.4 is 0 Å². The Kier molecular flexibility index (Phi) is 53.4. The Bertz CT molecular complexity index is 1070. The Morgan fingerprint density at radius 2 is 0.606 bits per heavy atom. The van der Waals surface area contributed by atoms with Gasteiger partial charge < -0.3 is 19.3 Å². The summed E-state index contributed by atoms with van der Waals surface area (Å²) in [6.45, 7) is 15.3. The van der Waals surface area contributed by atoms with Gasteiger partial charge in [-0.15, -0.1) is 0 Å². The van der Waals surface area contributed by atoms with Crippen molar-refractivity contribution in [3.8, 4) is 0 Å². The third-order valence-corrected chi connectivity index (χ3v) is 15.4. The smallest absolute Gasteiger partial charge is 0.305 e. The lowest BCUT2D eigenvalue weighted by molar-refractivity contribution is -0.146. The van der Waals surface area contributed by atoms with Gasteiger partial charge in [-0.2, -0.15) is 0 Å². The average molecular weight is 1000 g/mol. The van der Waals surface area contributed by atoms with Crippen molar-refractivity contribution >= 4 is 17.8 Å². The molecule has 422 valence electrons. The molecule has 7 heteroatoms. The molecule has 1 amide bonds. The van der Waals surface area contributed by atoms with Crippen molar-refractivity contribution < 1.29 is 23.9 Å². The highest BCUT2D eigenvalue weighted by Crippen LogP contribution is 2.25. The van der Waals surface area contributed by atoms with Gasteiger partial charge in [0.25, 0.3) is 0 Å². The highest BCUT2D eigenvalue weighted by Gasteiger charge is 2.24. The Labute approximate surface area is 444 Å². The van der Waals surface area contributed by atoms with Crippen LogP contribution in [0.15, 0.2) is 0 Å². The summed E-state index contributed by atoms with van der Waals surface area (Å²) in [6.07, 6.45) is 54.1. The van der Waals surface area contributed by atoms with Crippen LogP contribution in [0.1, 0.15) is 330 Å². The molecule has 0 aliphatic heterocycles. The Hall–Kier alpha value is -1.63. The van der Waals surface area contributed by atoms with Crippen LogP contribution in [0.25, 0.3) is 0 Å². The third-order valence-electron chi connectivity index (χ3n) is 15.4. The molecule has 0 heterocycles. The van der Waals surface area contributed by atoms with E-state index in [0.29, 0.717) is 43.8 Å². The molecule has 0 saturated heterocycles. The maximum atomic E-state index is 14.4. The van der Waals surface area contributed by atoms with Gasteiger partial charge in [0.1, 0.15) is 0 Å². The van der Waals surface area contributed by atoms with Crippen molar-refractivity contribution in [3.05, 3.63) is 0 Å². The second-order valence-corrected chi connectivity index (χ2v) is 22.8. The van der Waals surface area contributed by atoms with Gasteiger partial charge in [-0.3, -0.25) is 14.4 Å². The van der Waals surface area contributed by atoms with Crippen molar-refractivity contribution in [2.24, 2.45) is 17.8 Å². The molecule has 0 aromatic heterocycles. The van der Waals surface area contributed by atoms with Gasteiger partial charge >= 0.3 is 11.9 Å². The summed E-state index contributed by atoms with van der Waals surface area (Å²) in [5.74, 6) is 1.48. The van der Waals surface area contributed by atoms with E-state index < -0.39 is 0 Å². The average Bonchev–Trinajstić information content (AvgIpc) is 3.36. The summed E-state index contributed by atoms with van der Waals surface area (Å²) < 4.78 is 11.8. The Morgan fingerprint density at radius 3 is 0.958 bits per heavy atom. The van der Waals surface area contributed by atoms with Gasteiger partial charge in [-0.1, -0.05) is 253 Å². The van der Waals surface area contributed by atoms with Crippen LogP contribution >= 0.6 is 0 Å². The van der Waals surface area contributed by atoms with Crippen LogP contribution in [-0.2, 0) is 23.9 Å². The molecule has 0 aromatic carbocycles. The number of hydrogen-bond acceptors (Lipinski definition) is 6. The zero-order valence-electron chi connectivity index (χ0n) is 49.2. The fourth-order valence-corrected chi connectivity index (χ4v) is 10.5. The number of esters is 2. The lowest BCUT2D eigenvalue weighted by atomic mass is 9.92. The molecule has 2 atom stereocenters. The number of carbonyl (C=O) groups excluding carboxylic acids is 3. The zero-order valence-corrected chi connectivity index (χ0v) is 49.2. The molecule has 0 spiro atoms. The molecular weight excluding hydrogens is 877 g/mol. The second-order valence-electron chi connectivity index (χ2n) is 22.8. The molecule has 0 rings (SSSR count). The summed E-state index contributed by atoms with van der Waals surface area (Å²) in [6, 6.07) is 0. The standard InChI is InChI=1S/C64H126N2O5/c1-8-13-18-23-26-35-44-55-66(56-45-54-65(6)7)64(69)61(50-40-31-27-33-42-52-62(67)70-57-59(46-36-21-16-11-4)48-38-29-24-19-14-9-2)51-41-32-28-34-43-53-63(68)71-58-60(47-37-22-17-12-5)49-39-30-25-20-15-10-3/h59-61H,8-58H2,1-7H3. The lowest BCUT2D eigenvalue weighted by Crippen LogP contribution is -2.38. The van der Waals surface area contributed by atoms with Crippen LogP contribution in [0.2, 0.25) is 0 Å². The molecule has 0 bridgehead atoms. The van der Waals surface area contributed by atoms with E-state index in [4.69, 9.17) is 9.47 Å². The van der Waals surface area contributed by atoms with Gasteiger partial charge in [0, 0.05) is 31.8 Å². The van der Waals surface area contributed by atoms with Crippen molar-refractivity contribution in [2.45, 2.75) is 330 Å². The van der Waals surface area contributed by atoms with E-state index in [-0.39, 0.29) is 17.9 Å². The molecule has 0 radical (unpaired) electrons. The number of unbranched alkanes of at least 4 members (excludes halogenated alkanes) is 30. The van der Waals surface area contributed by atoms with Crippen molar-refractivity contribution in [3.63, 3.8) is 0 Å². The minimum absolute atomic E-state index is 0.0110. The maximum absolute atomic E-state index is 14.4. The van der Waals surface area contributed by atoms with Gasteiger partial charge in [-0.25, -0.2) is 0 Å². The number of amides is 1. The number of carbonyl (C=O) groups is 3. The minimum Gasteiger partial charge on any atom is -0.465 e. The van der Waals surface area contributed by atoms with E-state index in [1.807, 2.05) is 0 Å². The molecule has 0 aliphatic rings. The first-order chi connectivity index (χ1) is 34.7. The Balaban J connectivity index is 5.12. The van der Waals surface area contributed by atoms with E-state index in [0.717, 1.165) is 110 Å². The van der Waals surface area contributed by atoms with Gasteiger partial charge in [-0.05, 0) is 96.7 Å².